The molecule has 1 heterocycles. The van der Waals surface area contributed by atoms with Crippen LogP contribution in [-0.2, 0) is 4.79 Å². The van der Waals surface area contributed by atoms with Crippen LogP contribution in [0.3, 0.4) is 0 Å². The molecule has 1 aliphatic rings. The highest BCUT2D eigenvalue weighted by Gasteiger charge is 2.20. The lowest BCUT2D eigenvalue weighted by Gasteiger charge is -2.32. The van der Waals surface area contributed by atoms with Crippen LogP contribution in [0.15, 0.2) is 54.6 Å². The molecule has 1 fully saturated rings. The third-order valence-electron chi connectivity index (χ3n) is 4.27. The zero-order chi connectivity index (χ0) is 16.8. The van der Waals surface area contributed by atoms with E-state index in [-0.39, 0.29) is 5.91 Å². The zero-order valence-corrected chi connectivity index (χ0v) is 14.1. The van der Waals surface area contributed by atoms with Crippen LogP contribution in [0.5, 0.6) is 5.75 Å². The maximum absolute atomic E-state index is 12.3. The number of carbonyl (C=O) groups is 1. The summed E-state index contributed by atoms with van der Waals surface area (Å²) in [5.41, 5.74) is 2.18. The predicted octanol–water partition coefficient (Wildman–Crippen LogP) is 2.94. The number of ether oxygens (including phenoxy) is 1. The highest BCUT2D eigenvalue weighted by molar-refractivity contribution is 5.76. The number of rotatable bonds is 5. The van der Waals surface area contributed by atoms with Crippen LogP contribution in [0.4, 0.5) is 0 Å². The van der Waals surface area contributed by atoms with Crippen molar-refractivity contribution in [3.63, 3.8) is 0 Å². The molecule has 126 valence electrons. The summed E-state index contributed by atoms with van der Waals surface area (Å²) in [7, 11) is 0. The average molecular weight is 324 g/mol. The van der Waals surface area contributed by atoms with Gasteiger partial charge < -0.3 is 15.0 Å². The second-order valence-corrected chi connectivity index (χ2v) is 6.16. The van der Waals surface area contributed by atoms with E-state index in [0.717, 1.165) is 36.5 Å². The van der Waals surface area contributed by atoms with Gasteiger partial charge >= 0.3 is 0 Å². The van der Waals surface area contributed by atoms with E-state index in [0.29, 0.717) is 19.1 Å². The first-order valence-corrected chi connectivity index (χ1v) is 8.52. The first-order valence-electron chi connectivity index (χ1n) is 8.52. The van der Waals surface area contributed by atoms with Gasteiger partial charge in [-0.15, -0.1) is 0 Å². The molecule has 0 spiro atoms. The summed E-state index contributed by atoms with van der Waals surface area (Å²) < 4.78 is 5.92. The molecule has 0 aromatic heterocycles. The maximum atomic E-state index is 12.3. The highest BCUT2D eigenvalue weighted by Crippen LogP contribution is 2.29. The molecule has 0 bridgehead atoms. The van der Waals surface area contributed by atoms with E-state index >= 15 is 0 Å². The Morgan fingerprint density at radius 2 is 1.92 bits per heavy atom. The fraction of sp³-hybridized carbons (Fsp3) is 0.350. The van der Waals surface area contributed by atoms with E-state index in [9.17, 15) is 4.79 Å². The van der Waals surface area contributed by atoms with Crippen LogP contribution >= 0.6 is 0 Å². The van der Waals surface area contributed by atoms with Crippen molar-refractivity contribution in [3.8, 4) is 16.9 Å². The van der Waals surface area contributed by atoms with Gasteiger partial charge in [0.15, 0.2) is 0 Å². The first kappa shape index (κ1) is 16.5. The summed E-state index contributed by atoms with van der Waals surface area (Å²) in [5, 5.41) is 3.35. The average Bonchev–Trinajstić information content (AvgIpc) is 2.63. The SMILES string of the molecule is CC1CN(C(=O)CCOc2ccccc2-c2ccccc2)CCN1. The van der Waals surface area contributed by atoms with Crippen LogP contribution < -0.4 is 10.1 Å². The Bertz CT molecular complexity index is 672. The van der Waals surface area contributed by atoms with Gasteiger partial charge in [0.05, 0.1) is 13.0 Å². The number of carbonyl (C=O) groups excluding carboxylic acids is 1. The van der Waals surface area contributed by atoms with Crippen molar-refractivity contribution in [2.75, 3.05) is 26.2 Å². The molecule has 0 aliphatic carbocycles. The molecule has 1 N–H and O–H groups in total. The summed E-state index contributed by atoms with van der Waals surface area (Å²) in [5.74, 6) is 0.991. The van der Waals surface area contributed by atoms with Crippen LogP contribution in [0.25, 0.3) is 11.1 Å². The number of nitrogens with one attached hydrogen (secondary N) is 1. The Balaban J connectivity index is 1.58. The van der Waals surface area contributed by atoms with E-state index in [1.807, 2.05) is 47.4 Å². The quantitative estimate of drug-likeness (QED) is 0.919. The lowest BCUT2D eigenvalue weighted by atomic mass is 10.1. The Hall–Kier alpha value is -2.33. The van der Waals surface area contributed by atoms with Crippen molar-refractivity contribution in [2.45, 2.75) is 19.4 Å². The van der Waals surface area contributed by atoms with Gasteiger partial charge in [-0.05, 0) is 18.6 Å². The van der Waals surface area contributed by atoms with E-state index in [1.54, 1.807) is 0 Å². The minimum absolute atomic E-state index is 0.167. The number of piperazine rings is 1. The van der Waals surface area contributed by atoms with Gasteiger partial charge in [-0.2, -0.15) is 0 Å². The summed E-state index contributed by atoms with van der Waals surface area (Å²) in [6.07, 6.45) is 0.413. The minimum atomic E-state index is 0.167. The fourth-order valence-corrected chi connectivity index (χ4v) is 3.01. The zero-order valence-electron chi connectivity index (χ0n) is 14.1. The van der Waals surface area contributed by atoms with Gasteiger partial charge in [-0.3, -0.25) is 4.79 Å². The summed E-state index contributed by atoms with van der Waals surface area (Å²) in [4.78, 5) is 14.2. The van der Waals surface area contributed by atoms with E-state index in [2.05, 4.69) is 24.4 Å². The molecule has 1 saturated heterocycles. The van der Waals surface area contributed by atoms with Gasteiger partial charge in [0.25, 0.3) is 0 Å². The van der Waals surface area contributed by atoms with Gasteiger partial charge in [0.2, 0.25) is 5.91 Å². The monoisotopic (exact) mass is 324 g/mol. The molecule has 0 radical (unpaired) electrons. The first-order chi connectivity index (χ1) is 11.7. The Labute approximate surface area is 143 Å². The number of benzene rings is 2. The van der Waals surface area contributed by atoms with Crippen molar-refractivity contribution in [3.05, 3.63) is 54.6 Å². The Kier molecular flexibility index (Phi) is 5.49. The summed E-state index contributed by atoms with van der Waals surface area (Å²) >= 11 is 0. The second kappa shape index (κ2) is 7.97. The molecular formula is C20H24N2O2. The normalized spacial score (nSPS) is 17.5. The van der Waals surface area contributed by atoms with Crippen LogP contribution in [0.1, 0.15) is 13.3 Å². The lowest BCUT2D eigenvalue weighted by Crippen LogP contribution is -2.51. The number of para-hydroxylation sites is 1. The predicted molar refractivity (Wildman–Crippen MR) is 96.0 cm³/mol. The molecule has 1 amide bonds. The molecule has 4 heteroatoms. The summed E-state index contributed by atoms with van der Waals surface area (Å²) in [6, 6.07) is 18.5. The fourth-order valence-electron chi connectivity index (χ4n) is 3.01. The van der Waals surface area contributed by atoms with Crippen LogP contribution in [0.2, 0.25) is 0 Å². The van der Waals surface area contributed by atoms with Gasteiger partial charge in [-0.25, -0.2) is 0 Å². The number of amides is 1. The maximum Gasteiger partial charge on any atom is 0.226 e. The van der Waals surface area contributed by atoms with E-state index in [4.69, 9.17) is 4.74 Å². The van der Waals surface area contributed by atoms with Gasteiger partial charge in [-0.1, -0.05) is 48.5 Å². The highest BCUT2D eigenvalue weighted by atomic mass is 16.5. The molecule has 3 rings (SSSR count). The largest absolute Gasteiger partial charge is 0.492 e. The lowest BCUT2D eigenvalue weighted by molar-refractivity contribution is -0.132. The molecule has 1 aliphatic heterocycles. The molecule has 1 atom stereocenters. The Morgan fingerprint density at radius 1 is 1.17 bits per heavy atom. The molecule has 1 unspecified atom stereocenters. The van der Waals surface area contributed by atoms with Crippen molar-refractivity contribution in [2.24, 2.45) is 0 Å². The van der Waals surface area contributed by atoms with Crippen LogP contribution in [-0.4, -0.2) is 43.1 Å². The molecule has 2 aromatic carbocycles. The number of hydrogen-bond acceptors (Lipinski definition) is 3. The van der Waals surface area contributed by atoms with Gasteiger partial charge in [0.1, 0.15) is 5.75 Å². The molecular weight excluding hydrogens is 300 g/mol. The molecule has 24 heavy (non-hydrogen) atoms. The van der Waals surface area contributed by atoms with Gasteiger partial charge in [0, 0.05) is 31.2 Å². The minimum Gasteiger partial charge on any atom is -0.492 e. The third kappa shape index (κ3) is 4.15. The number of hydrogen-bond donors (Lipinski definition) is 1. The smallest absolute Gasteiger partial charge is 0.226 e. The third-order valence-corrected chi connectivity index (χ3v) is 4.27. The van der Waals surface area contributed by atoms with Crippen molar-refractivity contribution in [1.82, 2.24) is 10.2 Å². The van der Waals surface area contributed by atoms with Crippen molar-refractivity contribution < 1.29 is 9.53 Å². The van der Waals surface area contributed by atoms with Crippen LogP contribution in [0, 0.1) is 0 Å². The topological polar surface area (TPSA) is 41.6 Å². The second-order valence-electron chi connectivity index (χ2n) is 6.16. The molecule has 2 aromatic rings. The number of nitrogens with zero attached hydrogens (tertiary/aromatic N) is 1. The molecule has 4 nitrogen and oxygen atoms in total. The Morgan fingerprint density at radius 3 is 2.71 bits per heavy atom. The summed E-state index contributed by atoms with van der Waals surface area (Å²) in [6.45, 7) is 4.93. The van der Waals surface area contributed by atoms with E-state index in [1.165, 1.54) is 0 Å². The standard InChI is InChI=1S/C20H24N2O2/c1-16-15-22(13-12-21-16)20(23)11-14-24-19-10-6-5-9-18(19)17-7-3-2-4-8-17/h2-10,16,21H,11-15H2,1H3. The van der Waals surface area contributed by atoms with Crippen molar-refractivity contribution >= 4 is 5.91 Å². The van der Waals surface area contributed by atoms with Crippen molar-refractivity contribution in [1.29, 1.82) is 0 Å². The molecule has 0 saturated carbocycles. The van der Waals surface area contributed by atoms with E-state index < -0.39 is 0 Å².